The van der Waals surface area contributed by atoms with Crippen LogP contribution < -0.4 is 54.4 Å². The molecule has 0 aliphatic carbocycles. The first-order valence-corrected chi connectivity index (χ1v) is 33.5. The summed E-state index contributed by atoms with van der Waals surface area (Å²) in [6.45, 7) is 1.62. The summed E-state index contributed by atoms with van der Waals surface area (Å²) in [5.74, 6) is -10.0. The Balaban J connectivity index is 1.57. The third-order valence-corrected chi connectivity index (χ3v) is 16.7. The van der Waals surface area contributed by atoms with Crippen LogP contribution in [0, 0.1) is 3.57 Å². The van der Waals surface area contributed by atoms with Crippen LogP contribution in [0.1, 0.15) is 114 Å². The van der Waals surface area contributed by atoms with Gasteiger partial charge >= 0.3 is 29.9 Å². The average Bonchev–Trinajstić information content (AvgIpc) is 1.90. The van der Waals surface area contributed by atoms with E-state index < -0.39 is 121 Å². The van der Waals surface area contributed by atoms with Gasteiger partial charge in [-0.1, -0.05) is 49.2 Å². The SMILES string of the molecule is NC(=O)CN1CCN(CC(N)=O)CCN(C(CCC(=O)N[C@H](Cc2ccc(O)c(I)c2)C(=O)N[C@H](Cc2ccccc2)C(=O)N[C@H](CCCCNC(=O)CCCCCCC(=O)NCCCC[C@H](NC(=O)N[C@@H](CCC(=O)O)C(=O)O)C(=O)O)OC=O)C(=O)O)CCN(CC(N)=O)CC1. The summed E-state index contributed by atoms with van der Waals surface area (Å²) in [6.07, 6.45) is 1.44. The maximum absolute atomic E-state index is 14.6. The highest BCUT2D eigenvalue weighted by Gasteiger charge is 2.33. The molecule has 1 aliphatic heterocycles. The molecule has 0 saturated carbocycles. The number of hydrogen-bond acceptors (Lipinski definition) is 20. The van der Waals surface area contributed by atoms with Crippen LogP contribution in [0.2, 0.25) is 0 Å². The number of carboxylic acids is 4. The molecule has 10 amide bonds. The molecule has 98 heavy (non-hydrogen) atoms. The van der Waals surface area contributed by atoms with Gasteiger partial charge < -0.3 is 84.7 Å². The first kappa shape index (κ1) is 83.4. The molecule has 544 valence electrons. The summed E-state index contributed by atoms with van der Waals surface area (Å²) in [5, 5.41) is 66.5. The summed E-state index contributed by atoms with van der Waals surface area (Å²) in [6, 6.07) is 5.27. The third-order valence-electron chi connectivity index (χ3n) is 15.8. The van der Waals surface area contributed by atoms with Crippen LogP contribution in [-0.2, 0) is 79.9 Å². The van der Waals surface area contributed by atoms with Gasteiger partial charge in [0, 0.05) is 110 Å². The number of carboxylic acid groups (broad SMARTS) is 4. The van der Waals surface area contributed by atoms with Crippen molar-refractivity contribution in [3.63, 3.8) is 0 Å². The van der Waals surface area contributed by atoms with Crippen LogP contribution in [0.3, 0.4) is 0 Å². The first-order chi connectivity index (χ1) is 46.6. The predicted octanol–water partition coefficient (Wildman–Crippen LogP) is -1.74. The maximum Gasteiger partial charge on any atom is 0.326 e. The van der Waals surface area contributed by atoms with Gasteiger partial charge in [-0.15, -0.1) is 0 Å². The fourth-order valence-corrected chi connectivity index (χ4v) is 11.2. The van der Waals surface area contributed by atoms with Crippen molar-refractivity contribution < 1.29 is 97.4 Å². The lowest BCUT2D eigenvalue weighted by molar-refractivity contribution is -0.144. The van der Waals surface area contributed by atoms with E-state index in [0.717, 1.165) is 0 Å². The topological polar surface area (TPSA) is 525 Å². The number of aliphatic carboxylic acids is 4. The van der Waals surface area contributed by atoms with E-state index in [-0.39, 0.29) is 154 Å². The number of nitrogens with one attached hydrogen (secondary N) is 7. The quantitative estimate of drug-likeness (QED) is 0.0151. The first-order valence-electron chi connectivity index (χ1n) is 32.4. The van der Waals surface area contributed by atoms with E-state index in [9.17, 15) is 87.5 Å². The lowest BCUT2D eigenvalue weighted by Crippen LogP contribution is -2.56. The van der Waals surface area contributed by atoms with Gasteiger partial charge in [0.1, 0.15) is 36.0 Å². The molecule has 0 radical (unpaired) electrons. The molecule has 3 rings (SSSR count). The number of rotatable bonds is 46. The molecule has 0 spiro atoms. The summed E-state index contributed by atoms with van der Waals surface area (Å²) < 4.78 is 5.68. The second kappa shape index (κ2) is 46.4. The van der Waals surface area contributed by atoms with Gasteiger partial charge in [-0.25, -0.2) is 14.4 Å². The van der Waals surface area contributed by atoms with Crippen LogP contribution in [-0.4, -0.2) is 250 Å². The Bertz CT molecular complexity index is 2940. The largest absolute Gasteiger partial charge is 0.507 e. The Morgan fingerprint density at radius 3 is 1.45 bits per heavy atom. The van der Waals surface area contributed by atoms with E-state index in [1.807, 2.05) is 22.6 Å². The average molecular weight is 1500 g/mol. The number of carbonyl (C=O) groups is 14. The number of benzene rings is 2. The smallest absolute Gasteiger partial charge is 0.326 e. The summed E-state index contributed by atoms with van der Waals surface area (Å²) in [5.41, 5.74) is 17.8. The molecule has 1 saturated heterocycles. The number of nitrogens with two attached hydrogens (primary N) is 3. The minimum atomic E-state index is -1.53. The van der Waals surface area contributed by atoms with Crippen molar-refractivity contribution in [2.24, 2.45) is 17.2 Å². The molecule has 1 heterocycles. The fourth-order valence-electron chi connectivity index (χ4n) is 10.6. The number of unbranched alkanes of at least 4 members (excludes halogenated alkanes) is 5. The Labute approximate surface area is 581 Å². The van der Waals surface area contributed by atoms with Crippen molar-refractivity contribution in [3.05, 3.63) is 63.2 Å². The van der Waals surface area contributed by atoms with E-state index in [4.69, 9.17) is 27.0 Å². The molecule has 6 atom stereocenters. The number of aromatic hydroxyl groups is 1. The molecule has 1 aliphatic rings. The Morgan fingerprint density at radius 1 is 0.490 bits per heavy atom. The third kappa shape index (κ3) is 36.0. The van der Waals surface area contributed by atoms with Crippen molar-refractivity contribution in [2.45, 2.75) is 152 Å². The number of halogens is 1. The van der Waals surface area contributed by atoms with Crippen LogP contribution in [0.25, 0.3) is 0 Å². The second-order valence-electron chi connectivity index (χ2n) is 23.7. The lowest BCUT2D eigenvalue weighted by atomic mass is 10.0. The number of phenolic OH excluding ortho intramolecular Hbond substituents is 1. The van der Waals surface area contributed by atoms with Gasteiger partial charge in [0.15, 0.2) is 6.23 Å². The monoisotopic (exact) mass is 1490 g/mol. The van der Waals surface area contributed by atoms with Crippen molar-refractivity contribution in [1.29, 1.82) is 0 Å². The highest BCUT2D eigenvalue weighted by molar-refractivity contribution is 14.1. The number of amides is 10. The van der Waals surface area contributed by atoms with Crippen LogP contribution >= 0.6 is 22.6 Å². The summed E-state index contributed by atoms with van der Waals surface area (Å²) in [7, 11) is 0. The molecule has 34 nitrogen and oxygen atoms in total. The minimum Gasteiger partial charge on any atom is -0.507 e. The van der Waals surface area contributed by atoms with Gasteiger partial charge in [0.25, 0.3) is 6.47 Å². The highest BCUT2D eigenvalue weighted by Crippen LogP contribution is 2.22. The molecular formula is C63H95IN14O20. The van der Waals surface area contributed by atoms with E-state index in [1.54, 1.807) is 62.1 Å². The zero-order valence-electron chi connectivity index (χ0n) is 54.8. The number of primary amides is 3. The van der Waals surface area contributed by atoms with Crippen LogP contribution in [0.4, 0.5) is 4.79 Å². The lowest BCUT2D eigenvalue weighted by Gasteiger charge is -2.35. The summed E-state index contributed by atoms with van der Waals surface area (Å²) >= 11 is 1.90. The number of nitrogens with zero attached hydrogens (tertiary/aromatic N) is 4. The fraction of sp³-hybridized carbons (Fsp3) is 0.587. The van der Waals surface area contributed by atoms with Crippen LogP contribution in [0.15, 0.2) is 48.5 Å². The molecule has 1 unspecified atom stereocenters. The number of ether oxygens (including phenoxy) is 1. The molecule has 0 aromatic heterocycles. The maximum atomic E-state index is 14.6. The summed E-state index contributed by atoms with van der Waals surface area (Å²) in [4.78, 5) is 182. The predicted molar refractivity (Wildman–Crippen MR) is 360 cm³/mol. The molecule has 2 aromatic carbocycles. The van der Waals surface area contributed by atoms with E-state index in [0.29, 0.717) is 66.1 Å². The molecule has 2 aromatic rings. The number of carbonyl (C=O) groups excluding carboxylic acids is 10. The number of urea groups is 1. The van der Waals surface area contributed by atoms with Crippen molar-refractivity contribution >= 4 is 106 Å². The van der Waals surface area contributed by atoms with E-state index in [2.05, 4.69) is 37.2 Å². The molecule has 18 N–H and O–H groups in total. The standard InChI is InChI=1S/C63H95IN14O20/c64-43-34-42(18-21-49(43)80)36-46(70-55(86)22-20-48(62(95)96)78-32-30-76(38-51(66)82)28-26-75(37-50(65)81)27-29-77(31-33-78)39-52(67)83)58(89)71-47(35-41-12-4-3-5-13-41)59(90)74-56(98-40-79)17-9-11-25-69-54(85)16-7-2-1-6-15-53(84)68-24-10-8-14-44(60(91)92)72-63(97)73-45(61(93)94)19-23-57(87)88/h3-5,12-13,18,21,34,40,44-48,56,80H,1-2,6-11,14-17,19-20,22-33,35-39H2,(H2,65,81)(H2,66,82)(H2,67,83)(H,68,84)(H,69,85)(H,70,86)(H,71,89)(H,74,90)(H,87,88)(H,91,92)(H,93,94)(H,95,96)(H2,72,73,97)/t44-,45-,46+,47+,48?,56-/m0/s1. The number of hydrogen-bond donors (Lipinski definition) is 15. The molecule has 35 heteroatoms. The number of phenols is 1. The van der Waals surface area contributed by atoms with E-state index >= 15 is 0 Å². The zero-order chi connectivity index (χ0) is 72.5. The second-order valence-corrected chi connectivity index (χ2v) is 24.8. The Morgan fingerprint density at radius 2 is 0.969 bits per heavy atom. The van der Waals surface area contributed by atoms with E-state index in [1.165, 1.54) is 6.07 Å². The van der Waals surface area contributed by atoms with Gasteiger partial charge in [0.2, 0.25) is 47.3 Å². The highest BCUT2D eigenvalue weighted by atomic mass is 127. The minimum absolute atomic E-state index is 0.0223. The molecular weight excluding hydrogens is 1400 g/mol. The Kier molecular flexibility index (Phi) is 39.5. The molecule has 1 fully saturated rings. The zero-order valence-corrected chi connectivity index (χ0v) is 57.0. The molecule has 0 bridgehead atoms. The Hall–Kier alpha value is -8.81. The van der Waals surface area contributed by atoms with Crippen LogP contribution in [0.5, 0.6) is 5.75 Å². The van der Waals surface area contributed by atoms with Gasteiger partial charge in [-0.05, 0) is 104 Å². The van der Waals surface area contributed by atoms with Crippen molar-refractivity contribution in [1.82, 2.24) is 56.8 Å². The van der Waals surface area contributed by atoms with Gasteiger partial charge in [-0.3, -0.25) is 72.3 Å². The van der Waals surface area contributed by atoms with Gasteiger partial charge in [0.05, 0.1) is 23.2 Å². The van der Waals surface area contributed by atoms with Crippen molar-refractivity contribution in [2.75, 3.05) is 85.1 Å². The normalized spacial score (nSPS) is 15.3. The van der Waals surface area contributed by atoms with Crippen molar-refractivity contribution in [3.8, 4) is 5.75 Å². The van der Waals surface area contributed by atoms with Gasteiger partial charge in [-0.2, -0.15) is 0 Å².